The zero-order chi connectivity index (χ0) is 30.3. The average Bonchev–Trinajstić information content (AvgIpc) is 3.33. The van der Waals surface area contributed by atoms with Crippen LogP contribution >= 0.6 is 0 Å². The summed E-state index contributed by atoms with van der Waals surface area (Å²) in [7, 11) is 1.48. The van der Waals surface area contributed by atoms with Crippen LogP contribution in [0.4, 0.5) is 10.5 Å². The highest BCUT2D eigenvalue weighted by molar-refractivity contribution is 5.99. The number of carbonyl (C=O) groups excluding carboxylic acids is 5. The number of carbonyl (C=O) groups is 5. The minimum Gasteiger partial charge on any atom is -0.444 e. The van der Waals surface area contributed by atoms with Crippen molar-refractivity contribution in [2.75, 3.05) is 12.4 Å². The van der Waals surface area contributed by atoms with Gasteiger partial charge in [-0.05, 0) is 77.2 Å². The van der Waals surface area contributed by atoms with E-state index >= 15 is 0 Å². The molecule has 1 aromatic rings. The normalized spacial score (nSPS) is 21.4. The minimum absolute atomic E-state index is 0.0720. The summed E-state index contributed by atoms with van der Waals surface area (Å²) in [6.07, 6.45) is 4.71. The zero-order valence-electron chi connectivity index (χ0n) is 24.7. The molecule has 41 heavy (non-hydrogen) atoms. The van der Waals surface area contributed by atoms with E-state index in [0.717, 1.165) is 24.8 Å². The zero-order valence-corrected chi connectivity index (χ0v) is 24.7. The number of anilines is 1. The van der Waals surface area contributed by atoms with Crippen LogP contribution in [0.25, 0.3) is 0 Å². The van der Waals surface area contributed by atoms with Gasteiger partial charge in [0.15, 0.2) is 0 Å². The third-order valence-corrected chi connectivity index (χ3v) is 7.44. The summed E-state index contributed by atoms with van der Waals surface area (Å²) >= 11 is 0. The first kappa shape index (κ1) is 31.6. The maximum absolute atomic E-state index is 13.8. The van der Waals surface area contributed by atoms with Gasteiger partial charge in [0.25, 0.3) is 0 Å². The van der Waals surface area contributed by atoms with E-state index in [9.17, 15) is 24.0 Å². The van der Waals surface area contributed by atoms with Crippen LogP contribution in [0.15, 0.2) is 36.9 Å². The van der Waals surface area contributed by atoms with Crippen molar-refractivity contribution in [3.63, 3.8) is 0 Å². The molecule has 11 nitrogen and oxygen atoms in total. The number of nitrogens with zero attached hydrogens (tertiary/aromatic N) is 2. The van der Waals surface area contributed by atoms with E-state index in [4.69, 9.17) is 4.74 Å². The van der Waals surface area contributed by atoms with E-state index in [1.54, 1.807) is 50.8 Å². The van der Waals surface area contributed by atoms with Crippen molar-refractivity contribution in [2.45, 2.75) is 103 Å². The van der Waals surface area contributed by atoms with Crippen LogP contribution in [0.5, 0.6) is 0 Å². The van der Waals surface area contributed by atoms with Gasteiger partial charge in [0.05, 0.1) is 0 Å². The van der Waals surface area contributed by atoms with Gasteiger partial charge in [-0.25, -0.2) is 4.79 Å². The summed E-state index contributed by atoms with van der Waals surface area (Å²) in [6.45, 7) is 10.5. The highest BCUT2D eigenvalue weighted by Crippen LogP contribution is 2.31. The van der Waals surface area contributed by atoms with Gasteiger partial charge in [-0.3, -0.25) is 24.1 Å². The molecule has 2 heterocycles. The number of rotatable bonds is 8. The smallest absolute Gasteiger partial charge is 0.410 e. The molecule has 2 aliphatic rings. The first-order valence-corrected chi connectivity index (χ1v) is 14.2. The lowest BCUT2D eigenvalue weighted by molar-refractivity contribution is -0.144. The van der Waals surface area contributed by atoms with Gasteiger partial charge in [-0.1, -0.05) is 31.6 Å². The summed E-state index contributed by atoms with van der Waals surface area (Å²) in [5.74, 6) is -1.32. The summed E-state index contributed by atoms with van der Waals surface area (Å²) in [5.41, 5.74) is 0.676. The van der Waals surface area contributed by atoms with E-state index in [1.165, 1.54) is 18.0 Å². The second-order valence-corrected chi connectivity index (χ2v) is 11.7. The molecule has 11 heteroatoms. The Hall–Kier alpha value is -3.89. The van der Waals surface area contributed by atoms with Gasteiger partial charge >= 0.3 is 6.09 Å². The summed E-state index contributed by atoms with van der Waals surface area (Å²) in [4.78, 5) is 67.1. The Bertz CT molecular complexity index is 1160. The summed E-state index contributed by atoms with van der Waals surface area (Å²) in [5, 5.41) is 8.47. The maximum atomic E-state index is 13.8. The third kappa shape index (κ3) is 8.55. The molecular weight excluding hydrogens is 526 g/mol. The number of hydrogen-bond donors (Lipinski definition) is 3. The molecule has 224 valence electrons. The van der Waals surface area contributed by atoms with Crippen molar-refractivity contribution < 1.29 is 28.7 Å². The number of benzene rings is 1. The van der Waals surface area contributed by atoms with Crippen LogP contribution in [0, 0.1) is 0 Å². The van der Waals surface area contributed by atoms with Gasteiger partial charge in [0, 0.05) is 25.3 Å². The van der Waals surface area contributed by atoms with Crippen molar-refractivity contribution >= 4 is 35.4 Å². The van der Waals surface area contributed by atoms with Gasteiger partial charge in [-0.2, -0.15) is 0 Å². The summed E-state index contributed by atoms with van der Waals surface area (Å²) in [6, 6.07) is 4.76. The van der Waals surface area contributed by atoms with Crippen molar-refractivity contribution in [3.8, 4) is 0 Å². The number of amides is 5. The van der Waals surface area contributed by atoms with Crippen LogP contribution in [0.3, 0.4) is 0 Å². The molecule has 2 fully saturated rings. The van der Waals surface area contributed by atoms with E-state index in [1.807, 2.05) is 6.07 Å². The molecule has 5 amide bonds. The lowest BCUT2D eigenvalue weighted by Crippen LogP contribution is -2.58. The fourth-order valence-electron chi connectivity index (χ4n) is 5.14. The minimum atomic E-state index is -0.858. The Morgan fingerprint density at radius 3 is 2.54 bits per heavy atom. The second kappa shape index (κ2) is 13.6. The van der Waals surface area contributed by atoms with Crippen LogP contribution < -0.4 is 16.0 Å². The topological polar surface area (TPSA) is 137 Å². The standard InChI is InChI=1S/C30H43N5O6/c1-7-25(36)32-21-12-10-11-20(17-21)18-31-27(38)24-16-15-22-13-8-9-14-23(28(39)35(22)24)33-26(37)19(2)34(6)29(40)41-30(3,4)5/h7,10-12,17,19,22-24H,1,8-9,13-16,18H2,2-6H3,(H,31,38)(H,32,36)(H,33,37)/t19-,22-,23?,24-/m0/s1. The fraction of sp³-hybridized carbons (Fsp3) is 0.567. The number of hydrogen-bond acceptors (Lipinski definition) is 6. The third-order valence-electron chi connectivity index (χ3n) is 7.44. The molecule has 0 bridgehead atoms. The highest BCUT2D eigenvalue weighted by atomic mass is 16.6. The molecule has 0 aromatic heterocycles. The largest absolute Gasteiger partial charge is 0.444 e. The van der Waals surface area contributed by atoms with E-state index in [2.05, 4.69) is 22.5 Å². The molecule has 2 saturated heterocycles. The molecule has 3 N–H and O–H groups in total. The van der Waals surface area contributed by atoms with Gasteiger partial charge in [0.2, 0.25) is 23.6 Å². The molecule has 4 atom stereocenters. The number of fused-ring (bicyclic) bond motifs is 1. The Morgan fingerprint density at radius 2 is 1.85 bits per heavy atom. The molecule has 2 aliphatic heterocycles. The van der Waals surface area contributed by atoms with Crippen molar-refractivity contribution in [1.82, 2.24) is 20.4 Å². The Labute approximate surface area is 242 Å². The van der Waals surface area contributed by atoms with Gasteiger partial charge < -0.3 is 25.6 Å². The van der Waals surface area contributed by atoms with Crippen molar-refractivity contribution in [3.05, 3.63) is 42.5 Å². The fourth-order valence-corrected chi connectivity index (χ4v) is 5.14. The maximum Gasteiger partial charge on any atom is 0.410 e. The molecule has 1 aromatic carbocycles. The van der Waals surface area contributed by atoms with Crippen LogP contribution in [-0.2, 0) is 30.5 Å². The van der Waals surface area contributed by atoms with Crippen molar-refractivity contribution in [1.29, 1.82) is 0 Å². The lowest BCUT2D eigenvalue weighted by atomic mass is 9.98. The van der Waals surface area contributed by atoms with Crippen LogP contribution in [0.2, 0.25) is 0 Å². The molecule has 3 rings (SSSR count). The second-order valence-electron chi connectivity index (χ2n) is 11.7. The molecule has 0 spiro atoms. The van der Waals surface area contributed by atoms with Crippen LogP contribution in [-0.4, -0.2) is 76.3 Å². The quantitative estimate of drug-likeness (QED) is 0.412. The lowest BCUT2D eigenvalue weighted by Gasteiger charge is -2.36. The number of nitrogens with one attached hydrogen (secondary N) is 3. The summed E-state index contributed by atoms with van der Waals surface area (Å²) < 4.78 is 5.36. The first-order valence-electron chi connectivity index (χ1n) is 14.2. The number of ether oxygens (including phenoxy) is 1. The van der Waals surface area contributed by atoms with Gasteiger partial charge in [0.1, 0.15) is 23.7 Å². The van der Waals surface area contributed by atoms with Gasteiger partial charge in [-0.15, -0.1) is 0 Å². The molecule has 1 unspecified atom stereocenters. The average molecular weight is 570 g/mol. The Morgan fingerprint density at radius 1 is 1.15 bits per heavy atom. The predicted octanol–water partition coefficient (Wildman–Crippen LogP) is 3.10. The van der Waals surface area contributed by atoms with Crippen molar-refractivity contribution in [2.24, 2.45) is 0 Å². The molecule has 0 aliphatic carbocycles. The Balaban J connectivity index is 1.66. The monoisotopic (exact) mass is 569 g/mol. The molecule has 0 radical (unpaired) electrons. The van der Waals surface area contributed by atoms with E-state index in [0.29, 0.717) is 24.9 Å². The van der Waals surface area contributed by atoms with E-state index < -0.39 is 35.7 Å². The van der Waals surface area contributed by atoms with E-state index in [-0.39, 0.29) is 30.3 Å². The SMILES string of the molecule is C=CC(=O)Nc1cccc(CNC(=O)[C@@H]2CC[C@@H]3CCCCC(NC(=O)[C@H](C)N(C)C(=O)OC(C)(C)C)C(=O)N32)c1. The first-order chi connectivity index (χ1) is 19.3. The number of likely N-dealkylation sites (N-methyl/N-ethyl adjacent to an activating group) is 1. The van der Waals surface area contributed by atoms with Crippen LogP contribution in [0.1, 0.15) is 71.8 Å². The molecule has 0 saturated carbocycles. The predicted molar refractivity (Wildman–Crippen MR) is 155 cm³/mol. The Kier molecular flexibility index (Phi) is 10.5. The highest BCUT2D eigenvalue weighted by Gasteiger charge is 2.44. The molecular formula is C30H43N5O6.